The Labute approximate surface area is 136 Å². The lowest BCUT2D eigenvalue weighted by Crippen LogP contribution is -2.41. The first-order valence-corrected chi connectivity index (χ1v) is 7.72. The van der Waals surface area contributed by atoms with Crippen LogP contribution in [0.3, 0.4) is 0 Å². The van der Waals surface area contributed by atoms with E-state index in [1.807, 2.05) is 58.0 Å². The maximum atomic E-state index is 12.0. The lowest BCUT2D eigenvalue weighted by atomic mass is 9.75. The smallest absolute Gasteiger partial charge is 0.465 e. The van der Waals surface area contributed by atoms with Gasteiger partial charge in [-0.1, -0.05) is 30.3 Å². The summed E-state index contributed by atoms with van der Waals surface area (Å²) in [5.41, 5.74) is 0.662. The highest BCUT2D eigenvalue weighted by atomic mass is 16.7. The monoisotopic (exact) mass is 312 g/mol. The van der Waals surface area contributed by atoms with Crippen molar-refractivity contribution < 1.29 is 18.8 Å². The highest BCUT2D eigenvalue weighted by Gasteiger charge is 2.52. The molecule has 1 fully saturated rings. The number of esters is 1. The average molecular weight is 312 g/mol. The number of rotatable bonds is 2. The van der Waals surface area contributed by atoms with Gasteiger partial charge in [0.15, 0.2) is 0 Å². The van der Waals surface area contributed by atoms with Crippen LogP contribution in [-0.4, -0.2) is 31.4 Å². The first-order chi connectivity index (χ1) is 10.8. The second-order valence-electron chi connectivity index (χ2n) is 6.83. The van der Waals surface area contributed by atoms with Crippen molar-refractivity contribution in [3.8, 4) is 0 Å². The lowest BCUT2D eigenvalue weighted by Gasteiger charge is -2.32. The molecule has 5 heteroatoms. The normalized spacial score (nSPS) is 19.1. The van der Waals surface area contributed by atoms with Crippen LogP contribution < -0.4 is 5.46 Å². The third kappa shape index (κ3) is 2.54. The van der Waals surface area contributed by atoms with Crippen LogP contribution in [0.15, 0.2) is 36.4 Å². The van der Waals surface area contributed by atoms with E-state index in [4.69, 9.17) is 14.0 Å². The van der Waals surface area contributed by atoms with Crippen molar-refractivity contribution in [3.05, 3.63) is 42.0 Å². The van der Waals surface area contributed by atoms with Gasteiger partial charge >= 0.3 is 13.1 Å². The first-order valence-electron chi connectivity index (χ1n) is 7.72. The van der Waals surface area contributed by atoms with Gasteiger partial charge < -0.3 is 14.0 Å². The summed E-state index contributed by atoms with van der Waals surface area (Å²) in [5, 5.41) is 1.78. The number of hydrogen-bond acceptors (Lipinski definition) is 4. The average Bonchev–Trinajstić information content (AvgIpc) is 2.73. The Bertz CT molecular complexity index is 751. The molecule has 1 saturated heterocycles. The molecular formula is C18H21BO4. The predicted octanol–water partition coefficient (Wildman–Crippen LogP) is 2.93. The molecule has 3 rings (SSSR count). The van der Waals surface area contributed by atoms with Gasteiger partial charge in [-0.25, -0.2) is 4.79 Å². The van der Waals surface area contributed by atoms with Crippen molar-refractivity contribution in [1.29, 1.82) is 0 Å². The van der Waals surface area contributed by atoms with Crippen LogP contribution in [0, 0.1) is 0 Å². The van der Waals surface area contributed by atoms with Crippen molar-refractivity contribution in [2.45, 2.75) is 38.9 Å². The predicted molar refractivity (Wildman–Crippen MR) is 91.0 cm³/mol. The Balaban J connectivity index is 2.13. The second-order valence-corrected chi connectivity index (χ2v) is 6.83. The van der Waals surface area contributed by atoms with Crippen molar-refractivity contribution in [1.82, 2.24) is 0 Å². The number of fused-ring (bicyclic) bond motifs is 1. The van der Waals surface area contributed by atoms with Gasteiger partial charge in [-0.2, -0.15) is 0 Å². The SMILES string of the molecule is COC(=O)c1ccc(B2OC(C)(C)C(C)(C)O2)c2ccccc12. The van der Waals surface area contributed by atoms with Crippen LogP contribution >= 0.6 is 0 Å². The summed E-state index contributed by atoms with van der Waals surface area (Å²) in [5.74, 6) is -0.346. The third-order valence-electron chi connectivity index (χ3n) is 4.87. The molecule has 0 amide bonds. The van der Waals surface area contributed by atoms with E-state index in [0.29, 0.717) is 5.56 Å². The van der Waals surface area contributed by atoms with Gasteiger partial charge in [-0.05, 0) is 50.0 Å². The van der Waals surface area contributed by atoms with Crippen molar-refractivity contribution in [3.63, 3.8) is 0 Å². The van der Waals surface area contributed by atoms with Crippen LogP contribution in [0.2, 0.25) is 0 Å². The van der Waals surface area contributed by atoms with E-state index >= 15 is 0 Å². The highest BCUT2D eigenvalue weighted by molar-refractivity contribution is 6.65. The Morgan fingerprint density at radius 2 is 1.52 bits per heavy atom. The molecule has 0 spiro atoms. The van der Waals surface area contributed by atoms with Crippen LogP contribution in [-0.2, 0) is 14.0 Å². The Hall–Kier alpha value is -1.85. The second kappa shape index (κ2) is 5.36. The van der Waals surface area contributed by atoms with E-state index < -0.39 is 18.3 Å². The highest BCUT2D eigenvalue weighted by Crippen LogP contribution is 2.37. The minimum absolute atomic E-state index is 0.346. The molecule has 0 atom stereocenters. The van der Waals surface area contributed by atoms with Crippen molar-refractivity contribution in [2.24, 2.45) is 0 Å². The fraction of sp³-hybridized carbons (Fsp3) is 0.389. The van der Waals surface area contributed by atoms with Crippen LogP contribution in [0.1, 0.15) is 38.1 Å². The molecule has 0 unspecified atom stereocenters. The molecule has 0 aliphatic carbocycles. The standard InChI is InChI=1S/C18H21BO4/c1-17(2)18(3,4)23-19(22-17)15-11-10-14(16(20)21-5)12-8-6-7-9-13(12)15/h6-11H,1-5H3. The zero-order valence-electron chi connectivity index (χ0n) is 14.2. The Morgan fingerprint density at radius 3 is 2.09 bits per heavy atom. The molecular weight excluding hydrogens is 291 g/mol. The number of methoxy groups -OCH3 is 1. The quantitative estimate of drug-likeness (QED) is 0.632. The van der Waals surface area contributed by atoms with Gasteiger partial charge in [0.05, 0.1) is 23.9 Å². The fourth-order valence-corrected chi connectivity index (χ4v) is 2.79. The van der Waals surface area contributed by atoms with Crippen molar-refractivity contribution >= 4 is 29.3 Å². The van der Waals surface area contributed by atoms with E-state index in [2.05, 4.69) is 0 Å². The number of ether oxygens (including phenoxy) is 1. The van der Waals surface area contributed by atoms with E-state index in [1.165, 1.54) is 7.11 Å². The summed E-state index contributed by atoms with van der Waals surface area (Å²) in [4.78, 5) is 12.0. The minimum atomic E-state index is -0.461. The van der Waals surface area contributed by atoms with Gasteiger partial charge in [0.25, 0.3) is 0 Å². The molecule has 1 aliphatic rings. The summed E-state index contributed by atoms with van der Waals surface area (Å²) < 4.78 is 17.2. The third-order valence-corrected chi connectivity index (χ3v) is 4.87. The minimum Gasteiger partial charge on any atom is -0.465 e. The Morgan fingerprint density at radius 1 is 0.957 bits per heavy atom. The summed E-state index contributed by atoms with van der Waals surface area (Å²) in [7, 11) is 0.927. The van der Waals surface area contributed by atoms with Gasteiger partial charge in [0.2, 0.25) is 0 Å². The molecule has 2 aromatic rings. The van der Waals surface area contributed by atoms with E-state index in [-0.39, 0.29) is 5.97 Å². The van der Waals surface area contributed by atoms with Crippen LogP contribution in [0.4, 0.5) is 0 Å². The molecule has 23 heavy (non-hydrogen) atoms. The molecule has 1 aliphatic heterocycles. The summed E-state index contributed by atoms with van der Waals surface area (Å²) in [6, 6.07) is 11.4. The number of carbonyl (C=O) groups excluding carboxylic acids is 1. The molecule has 0 bridgehead atoms. The van der Waals surface area contributed by atoms with E-state index in [9.17, 15) is 4.79 Å². The first kappa shape index (κ1) is 16.0. The van der Waals surface area contributed by atoms with Gasteiger partial charge in [0, 0.05) is 0 Å². The zero-order chi connectivity index (χ0) is 16.8. The maximum Gasteiger partial charge on any atom is 0.495 e. The molecule has 2 aromatic carbocycles. The fourth-order valence-electron chi connectivity index (χ4n) is 2.79. The molecule has 1 heterocycles. The lowest BCUT2D eigenvalue weighted by molar-refractivity contribution is 0.00578. The number of hydrogen-bond donors (Lipinski definition) is 0. The number of benzene rings is 2. The molecule has 0 radical (unpaired) electrons. The summed E-state index contributed by atoms with van der Waals surface area (Å²) >= 11 is 0. The molecule has 4 nitrogen and oxygen atoms in total. The van der Waals surface area contributed by atoms with Crippen molar-refractivity contribution in [2.75, 3.05) is 7.11 Å². The topological polar surface area (TPSA) is 44.8 Å². The summed E-state index contributed by atoms with van der Waals surface area (Å²) in [6.07, 6.45) is 0. The van der Waals surface area contributed by atoms with Gasteiger partial charge in [-0.3, -0.25) is 0 Å². The van der Waals surface area contributed by atoms with E-state index in [1.54, 1.807) is 6.07 Å². The van der Waals surface area contributed by atoms with Crippen LogP contribution in [0.5, 0.6) is 0 Å². The number of carbonyl (C=O) groups is 1. The maximum absolute atomic E-state index is 12.0. The molecule has 120 valence electrons. The van der Waals surface area contributed by atoms with Gasteiger partial charge in [0.1, 0.15) is 0 Å². The van der Waals surface area contributed by atoms with Crippen LogP contribution in [0.25, 0.3) is 10.8 Å². The molecule has 0 saturated carbocycles. The largest absolute Gasteiger partial charge is 0.495 e. The van der Waals surface area contributed by atoms with E-state index in [0.717, 1.165) is 16.2 Å². The molecule has 0 aromatic heterocycles. The zero-order valence-corrected chi connectivity index (χ0v) is 14.2. The van der Waals surface area contributed by atoms with Gasteiger partial charge in [-0.15, -0.1) is 0 Å². The molecule has 0 N–H and O–H groups in total. The summed E-state index contributed by atoms with van der Waals surface area (Å²) in [6.45, 7) is 8.10. The Kier molecular flexibility index (Phi) is 3.73.